The van der Waals surface area contributed by atoms with Gasteiger partial charge in [-0.05, 0) is 23.5 Å². The molecule has 0 saturated carbocycles. The van der Waals surface area contributed by atoms with Gasteiger partial charge in [-0.15, -0.1) is 27.9 Å². The van der Waals surface area contributed by atoms with Crippen molar-refractivity contribution in [3.63, 3.8) is 0 Å². The molecule has 1 aromatic carbocycles. The molecule has 0 spiro atoms. The maximum absolute atomic E-state index is 12.8. The van der Waals surface area contributed by atoms with Crippen LogP contribution in [0.3, 0.4) is 0 Å². The number of hydrogen-bond donors (Lipinski definition) is 0. The van der Waals surface area contributed by atoms with E-state index in [1.807, 2.05) is 6.92 Å². The Morgan fingerprint density at radius 1 is 1.40 bits per heavy atom. The summed E-state index contributed by atoms with van der Waals surface area (Å²) in [5.41, 5.74) is 1.25. The van der Waals surface area contributed by atoms with Crippen molar-refractivity contribution in [3.8, 4) is 28.8 Å². The molecule has 0 aliphatic rings. The van der Waals surface area contributed by atoms with Crippen molar-refractivity contribution in [3.05, 3.63) is 50.7 Å². The molecule has 3 nitrogen and oxygen atoms in total. The van der Waals surface area contributed by atoms with Crippen LogP contribution in [0.25, 0.3) is 11.3 Å². The quantitative estimate of drug-likeness (QED) is 0.474. The van der Waals surface area contributed by atoms with Gasteiger partial charge in [0.2, 0.25) is 5.56 Å². The van der Waals surface area contributed by atoms with Gasteiger partial charge in [-0.2, -0.15) is 12.1 Å². The molecule has 0 bridgehead atoms. The Balaban J connectivity index is 0.00000312. The fraction of sp³-hybridized carbons (Fsp3) is 0.278. The summed E-state index contributed by atoms with van der Waals surface area (Å²) in [5.74, 6) is 6.15. The summed E-state index contributed by atoms with van der Waals surface area (Å²) < 4.78 is 32.4. The van der Waals surface area contributed by atoms with Crippen LogP contribution in [-0.4, -0.2) is 17.6 Å². The summed E-state index contributed by atoms with van der Waals surface area (Å²) in [4.78, 5) is 12.2. The number of aryl methyl sites for hydroxylation is 1. The van der Waals surface area contributed by atoms with Gasteiger partial charge >= 0.3 is 0 Å². The van der Waals surface area contributed by atoms with Gasteiger partial charge in [0, 0.05) is 32.7 Å². The van der Waals surface area contributed by atoms with Crippen LogP contribution in [0.1, 0.15) is 12.5 Å². The average Bonchev–Trinajstić information content (AvgIpc) is 2.53. The van der Waals surface area contributed by atoms with Crippen molar-refractivity contribution in [1.29, 1.82) is 0 Å². The summed E-state index contributed by atoms with van der Waals surface area (Å²) in [6.07, 6.45) is -2.64. The smallest absolute Gasteiger partial charge is 0.256 e. The number of halogens is 3. The second-order valence-electron chi connectivity index (χ2n) is 4.98. The van der Waals surface area contributed by atoms with E-state index in [0.717, 1.165) is 10.1 Å². The zero-order valence-electron chi connectivity index (χ0n) is 13.8. The number of benzene rings is 1. The van der Waals surface area contributed by atoms with Gasteiger partial charge in [-0.1, -0.05) is 29.7 Å². The maximum atomic E-state index is 12.8. The SMILES string of the molecule is CC#CCOc1ccc(-c2[c-]cc(Br)c(=O)n2CC(F)F)c(C)c1.[Y]. The van der Waals surface area contributed by atoms with E-state index in [1.54, 1.807) is 25.1 Å². The molecule has 7 heteroatoms. The molecule has 0 atom stereocenters. The van der Waals surface area contributed by atoms with Crippen LogP contribution in [0, 0.1) is 24.8 Å². The Bertz CT molecular complexity index is 856. The summed E-state index contributed by atoms with van der Waals surface area (Å²) >= 11 is 3.07. The molecule has 1 aromatic heterocycles. The van der Waals surface area contributed by atoms with E-state index in [9.17, 15) is 13.6 Å². The van der Waals surface area contributed by atoms with Crippen LogP contribution < -0.4 is 10.3 Å². The van der Waals surface area contributed by atoms with Crippen LogP contribution in [0.2, 0.25) is 0 Å². The Labute approximate surface area is 178 Å². The van der Waals surface area contributed by atoms with Crippen LogP contribution in [0.15, 0.2) is 33.5 Å². The third-order valence-corrected chi connectivity index (χ3v) is 3.88. The van der Waals surface area contributed by atoms with Crippen molar-refractivity contribution in [1.82, 2.24) is 4.57 Å². The molecule has 0 amide bonds. The van der Waals surface area contributed by atoms with Crippen LogP contribution >= 0.6 is 15.9 Å². The molecule has 0 aliphatic carbocycles. The molecule has 25 heavy (non-hydrogen) atoms. The molecular weight excluding hydrogens is 469 g/mol. The first-order valence-electron chi connectivity index (χ1n) is 7.16. The molecule has 2 aromatic rings. The molecule has 0 aliphatic heterocycles. The largest absolute Gasteiger partial charge is 0.481 e. The van der Waals surface area contributed by atoms with E-state index in [1.165, 1.54) is 6.07 Å². The zero-order valence-corrected chi connectivity index (χ0v) is 18.2. The minimum absolute atomic E-state index is 0. The van der Waals surface area contributed by atoms with Crippen molar-refractivity contribution < 1.29 is 46.2 Å². The second kappa shape index (κ2) is 10.2. The Morgan fingerprint density at radius 3 is 2.72 bits per heavy atom. The molecule has 1 radical (unpaired) electrons. The maximum Gasteiger partial charge on any atom is 0.256 e. The third kappa shape index (κ3) is 5.74. The molecule has 0 fully saturated rings. The van der Waals surface area contributed by atoms with Gasteiger partial charge in [0.25, 0.3) is 6.43 Å². The van der Waals surface area contributed by atoms with Gasteiger partial charge in [0.15, 0.2) is 0 Å². The van der Waals surface area contributed by atoms with Crippen LogP contribution in [-0.2, 0) is 39.3 Å². The normalized spacial score (nSPS) is 10.0. The van der Waals surface area contributed by atoms with E-state index >= 15 is 0 Å². The van der Waals surface area contributed by atoms with E-state index < -0.39 is 18.5 Å². The van der Waals surface area contributed by atoms with E-state index in [2.05, 4.69) is 33.8 Å². The number of ether oxygens (including phenoxy) is 1. The molecule has 0 N–H and O–H groups in total. The van der Waals surface area contributed by atoms with Crippen molar-refractivity contribution in [2.75, 3.05) is 6.61 Å². The van der Waals surface area contributed by atoms with Gasteiger partial charge in [-0.25, -0.2) is 8.78 Å². The second-order valence-corrected chi connectivity index (χ2v) is 5.84. The van der Waals surface area contributed by atoms with E-state index in [-0.39, 0.29) is 43.8 Å². The Kier molecular flexibility index (Phi) is 8.98. The van der Waals surface area contributed by atoms with Crippen molar-refractivity contribution in [2.45, 2.75) is 26.8 Å². The zero-order chi connectivity index (χ0) is 17.7. The first-order chi connectivity index (χ1) is 11.4. The molecular formula is C18H15BrF2NO2Y-. The Hall–Kier alpha value is -1.03. The molecule has 0 saturated heterocycles. The van der Waals surface area contributed by atoms with Crippen molar-refractivity contribution >= 4 is 15.9 Å². The fourth-order valence-corrected chi connectivity index (χ4v) is 2.55. The van der Waals surface area contributed by atoms with Gasteiger partial charge in [0.1, 0.15) is 12.4 Å². The monoisotopic (exact) mass is 483 g/mol. The summed E-state index contributed by atoms with van der Waals surface area (Å²) in [6, 6.07) is 9.56. The number of rotatable bonds is 5. The number of aromatic nitrogens is 1. The average molecular weight is 484 g/mol. The first-order valence-corrected chi connectivity index (χ1v) is 7.96. The standard InChI is InChI=1S/C18H15BrF2NO2.Y/c1-3-4-9-24-13-5-6-14(12(2)10-13)16-8-7-15(19)18(23)22(16)11-17(20)21;/h5-7,10,17H,9,11H2,1-2H3;/q-1;. The number of alkyl halides is 2. The predicted molar refractivity (Wildman–Crippen MR) is 92.4 cm³/mol. The molecule has 129 valence electrons. The number of pyridine rings is 1. The Morgan fingerprint density at radius 2 is 2.12 bits per heavy atom. The number of hydrogen-bond acceptors (Lipinski definition) is 2. The van der Waals surface area contributed by atoms with Gasteiger partial charge in [-0.3, -0.25) is 4.79 Å². The van der Waals surface area contributed by atoms with Crippen LogP contribution in [0.5, 0.6) is 5.75 Å². The minimum atomic E-state index is -2.64. The number of nitrogens with zero attached hydrogens (tertiary/aromatic N) is 1. The van der Waals surface area contributed by atoms with Crippen molar-refractivity contribution in [2.24, 2.45) is 0 Å². The summed E-state index contributed by atoms with van der Waals surface area (Å²) in [6.45, 7) is 3.13. The van der Waals surface area contributed by atoms with E-state index in [0.29, 0.717) is 17.0 Å². The molecule has 1 heterocycles. The minimum Gasteiger partial charge on any atom is -0.481 e. The topological polar surface area (TPSA) is 31.2 Å². The molecule has 0 unspecified atom stereocenters. The van der Waals surface area contributed by atoms with Gasteiger partial charge < -0.3 is 9.30 Å². The van der Waals surface area contributed by atoms with Gasteiger partial charge in [0.05, 0.1) is 6.54 Å². The summed E-state index contributed by atoms with van der Waals surface area (Å²) in [5, 5.41) is 0. The molecule has 2 rings (SSSR count). The van der Waals surface area contributed by atoms with Crippen LogP contribution in [0.4, 0.5) is 8.78 Å². The fourth-order valence-electron chi connectivity index (χ4n) is 2.22. The summed E-state index contributed by atoms with van der Waals surface area (Å²) in [7, 11) is 0. The predicted octanol–water partition coefficient (Wildman–Crippen LogP) is 4.05. The van der Waals surface area contributed by atoms with E-state index in [4.69, 9.17) is 4.74 Å². The third-order valence-electron chi connectivity index (χ3n) is 3.32. The first kappa shape index (κ1) is 22.0.